The zero-order valence-electron chi connectivity index (χ0n) is 6.58. The van der Waals surface area contributed by atoms with Crippen molar-refractivity contribution in [1.82, 2.24) is 0 Å². The molecular formula is C10H8NO+. The lowest BCUT2D eigenvalue weighted by molar-refractivity contribution is 0.0994. The minimum atomic E-state index is 0.230. The van der Waals surface area contributed by atoms with Crippen LogP contribution in [0.1, 0.15) is 22.3 Å². The molecule has 2 heteroatoms. The van der Waals surface area contributed by atoms with Gasteiger partial charge in [-0.15, -0.1) is 0 Å². The molecular weight excluding hydrogens is 150 g/mol. The molecule has 0 amide bonds. The van der Waals surface area contributed by atoms with E-state index in [-0.39, 0.29) is 5.78 Å². The molecule has 2 rings (SSSR count). The van der Waals surface area contributed by atoms with Crippen molar-refractivity contribution in [2.75, 3.05) is 0 Å². The van der Waals surface area contributed by atoms with Crippen molar-refractivity contribution in [2.45, 2.75) is 12.8 Å². The van der Waals surface area contributed by atoms with Gasteiger partial charge in [0.2, 0.25) is 0 Å². The molecule has 0 unspecified atom stereocenters. The van der Waals surface area contributed by atoms with Crippen molar-refractivity contribution in [2.24, 2.45) is 0 Å². The maximum atomic E-state index is 11.2. The summed E-state index contributed by atoms with van der Waals surface area (Å²) in [6.07, 6.45) is 1.46. The predicted molar refractivity (Wildman–Crippen MR) is 47.1 cm³/mol. The van der Waals surface area contributed by atoms with Gasteiger partial charge in [0.1, 0.15) is 0 Å². The molecule has 0 saturated heterocycles. The molecule has 58 valence electrons. The number of ketones is 1. The summed E-state index contributed by atoms with van der Waals surface area (Å²) in [4.78, 5) is 14.8. The number of carbonyl (C=O) groups is 1. The molecule has 0 saturated carbocycles. The van der Waals surface area contributed by atoms with E-state index in [9.17, 15) is 4.79 Å². The predicted octanol–water partition coefficient (Wildman–Crippen LogP) is 2.41. The molecule has 0 bridgehead atoms. The van der Waals surface area contributed by atoms with Crippen molar-refractivity contribution >= 4 is 11.5 Å². The van der Waals surface area contributed by atoms with Gasteiger partial charge in [0.05, 0.1) is 0 Å². The summed E-state index contributed by atoms with van der Waals surface area (Å²) in [5.41, 5.74) is 2.65. The Morgan fingerprint density at radius 3 is 2.92 bits per heavy atom. The van der Waals surface area contributed by atoms with Gasteiger partial charge in [-0.25, -0.2) is 0 Å². The standard InChI is InChI=1S/C10H8NO/c1-11-8-3-4-9-7(6-8)2-5-10(9)12/h1,3-4,6H,2,5H2/q+1. The second-order valence-corrected chi connectivity index (χ2v) is 2.89. The van der Waals surface area contributed by atoms with E-state index in [0.29, 0.717) is 6.42 Å². The van der Waals surface area contributed by atoms with Crippen molar-refractivity contribution in [1.29, 1.82) is 0 Å². The molecule has 1 aromatic carbocycles. The van der Waals surface area contributed by atoms with Crippen LogP contribution in [0.25, 0.3) is 4.85 Å². The van der Waals surface area contributed by atoms with Crippen molar-refractivity contribution in [3.63, 3.8) is 0 Å². The second kappa shape index (κ2) is 2.46. The lowest BCUT2D eigenvalue weighted by Gasteiger charge is -1.91. The molecule has 0 heterocycles. The van der Waals surface area contributed by atoms with Gasteiger partial charge >= 0.3 is 5.69 Å². The number of benzene rings is 1. The number of rotatable bonds is 0. The van der Waals surface area contributed by atoms with Crippen LogP contribution in [-0.2, 0) is 6.42 Å². The maximum Gasteiger partial charge on any atom is 0.340 e. The first-order valence-electron chi connectivity index (χ1n) is 3.88. The first-order chi connectivity index (χ1) is 5.81. The molecule has 0 atom stereocenters. The van der Waals surface area contributed by atoms with E-state index >= 15 is 0 Å². The summed E-state index contributed by atoms with van der Waals surface area (Å²) in [6.45, 7) is 5.12. The average molecular weight is 158 g/mol. The molecule has 12 heavy (non-hydrogen) atoms. The lowest BCUT2D eigenvalue weighted by atomic mass is 10.1. The van der Waals surface area contributed by atoms with Gasteiger partial charge in [0.25, 0.3) is 6.57 Å². The Bertz CT molecular complexity index is 387. The first-order valence-corrected chi connectivity index (χ1v) is 3.88. The smallest absolute Gasteiger partial charge is 0.294 e. The van der Waals surface area contributed by atoms with Crippen LogP contribution in [0.2, 0.25) is 0 Å². The summed E-state index contributed by atoms with van der Waals surface area (Å²) in [5.74, 6) is 0.230. The Hall–Kier alpha value is -1.62. The SMILES string of the molecule is C#[N+]c1ccc2c(c1)CCC2=O. The van der Waals surface area contributed by atoms with E-state index in [0.717, 1.165) is 23.2 Å². The Labute approximate surface area is 70.6 Å². The third-order valence-corrected chi connectivity index (χ3v) is 2.16. The number of Topliss-reactive ketones (excluding diaryl/α,β-unsaturated/α-hetero) is 1. The van der Waals surface area contributed by atoms with E-state index in [1.807, 2.05) is 6.07 Å². The highest BCUT2D eigenvalue weighted by Crippen LogP contribution is 2.25. The highest BCUT2D eigenvalue weighted by Gasteiger charge is 2.20. The zero-order chi connectivity index (χ0) is 8.55. The fraction of sp³-hybridized carbons (Fsp3) is 0.200. The summed E-state index contributed by atoms with van der Waals surface area (Å²) in [5, 5.41) is 0. The molecule has 0 spiro atoms. The van der Waals surface area contributed by atoms with Gasteiger partial charge in [-0.05, 0) is 22.9 Å². The number of nitrogens with zero attached hydrogens (tertiary/aromatic N) is 1. The van der Waals surface area contributed by atoms with Crippen LogP contribution in [0.4, 0.5) is 5.69 Å². The maximum absolute atomic E-state index is 11.2. The van der Waals surface area contributed by atoms with Crippen LogP contribution >= 0.6 is 0 Å². The van der Waals surface area contributed by atoms with Gasteiger partial charge < -0.3 is 0 Å². The third kappa shape index (κ3) is 0.911. The van der Waals surface area contributed by atoms with Gasteiger partial charge in [0.15, 0.2) is 5.78 Å². The quantitative estimate of drug-likeness (QED) is 0.568. The first kappa shape index (κ1) is 7.05. The number of hydrogen-bond donors (Lipinski definition) is 0. The largest absolute Gasteiger partial charge is 0.340 e. The summed E-state index contributed by atoms with van der Waals surface area (Å²) >= 11 is 0. The Morgan fingerprint density at radius 1 is 1.33 bits per heavy atom. The second-order valence-electron chi connectivity index (χ2n) is 2.89. The number of carbonyl (C=O) groups excluding carboxylic acids is 1. The highest BCUT2D eigenvalue weighted by molar-refractivity contribution is 6.00. The monoisotopic (exact) mass is 158 g/mol. The molecule has 0 aliphatic heterocycles. The molecule has 2 nitrogen and oxygen atoms in total. The van der Waals surface area contributed by atoms with Crippen molar-refractivity contribution < 1.29 is 4.79 Å². The van der Waals surface area contributed by atoms with Gasteiger partial charge in [-0.1, -0.05) is 0 Å². The molecule has 0 fully saturated rings. The fourth-order valence-electron chi connectivity index (χ4n) is 1.52. The number of aryl methyl sites for hydroxylation is 1. The number of fused-ring (bicyclic) bond motifs is 1. The van der Waals surface area contributed by atoms with Crippen LogP contribution in [0.15, 0.2) is 18.2 Å². The molecule has 1 aliphatic carbocycles. The Kier molecular flexibility index (Phi) is 1.44. The minimum absolute atomic E-state index is 0.230. The van der Waals surface area contributed by atoms with E-state index in [1.165, 1.54) is 0 Å². The average Bonchev–Trinajstić information content (AvgIpc) is 2.47. The van der Waals surface area contributed by atoms with E-state index in [4.69, 9.17) is 6.57 Å². The van der Waals surface area contributed by atoms with Crippen LogP contribution in [-0.4, -0.2) is 5.78 Å². The van der Waals surface area contributed by atoms with E-state index < -0.39 is 0 Å². The summed E-state index contributed by atoms with van der Waals surface area (Å²) in [7, 11) is 0. The van der Waals surface area contributed by atoms with Crippen molar-refractivity contribution in [3.8, 4) is 6.57 Å². The molecule has 0 N–H and O–H groups in total. The van der Waals surface area contributed by atoms with Crippen LogP contribution in [0.5, 0.6) is 0 Å². The Balaban J connectivity index is 2.57. The van der Waals surface area contributed by atoms with E-state index in [1.54, 1.807) is 12.1 Å². The van der Waals surface area contributed by atoms with Crippen LogP contribution < -0.4 is 0 Å². The molecule has 0 radical (unpaired) electrons. The summed E-state index contributed by atoms with van der Waals surface area (Å²) in [6, 6.07) is 5.44. The van der Waals surface area contributed by atoms with Gasteiger partial charge in [0, 0.05) is 24.1 Å². The Morgan fingerprint density at radius 2 is 2.17 bits per heavy atom. The number of hydrogen-bond acceptors (Lipinski definition) is 1. The van der Waals surface area contributed by atoms with Gasteiger partial charge in [-0.3, -0.25) is 4.79 Å². The summed E-state index contributed by atoms with van der Waals surface area (Å²) < 4.78 is 0. The fourth-order valence-corrected chi connectivity index (χ4v) is 1.52. The van der Waals surface area contributed by atoms with Crippen LogP contribution in [0.3, 0.4) is 0 Å². The zero-order valence-corrected chi connectivity index (χ0v) is 6.58. The normalized spacial score (nSPS) is 14.1. The van der Waals surface area contributed by atoms with E-state index in [2.05, 4.69) is 4.85 Å². The minimum Gasteiger partial charge on any atom is -0.294 e. The van der Waals surface area contributed by atoms with Crippen LogP contribution in [0, 0.1) is 6.57 Å². The third-order valence-electron chi connectivity index (χ3n) is 2.16. The molecule has 1 aromatic rings. The molecule has 1 aliphatic rings. The van der Waals surface area contributed by atoms with Gasteiger partial charge in [-0.2, -0.15) is 0 Å². The lowest BCUT2D eigenvalue weighted by Crippen LogP contribution is -1.89. The van der Waals surface area contributed by atoms with Crippen molar-refractivity contribution in [3.05, 3.63) is 34.2 Å². The highest BCUT2D eigenvalue weighted by atomic mass is 16.1. The molecule has 0 aromatic heterocycles. The topological polar surface area (TPSA) is 21.4 Å².